The van der Waals surface area contributed by atoms with Gasteiger partial charge in [-0.1, -0.05) is 29.8 Å². The zero-order chi connectivity index (χ0) is 18.0. The largest absolute Gasteiger partial charge is 0.326 e. The van der Waals surface area contributed by atoms with Crippen LogP contribution in [0.1, 0.15) is 12.5 Å². The number of aryl methyl sites for hydroxylation is 1. The van der Waals surface area contributed by atoms with E-state index in [1.807, 2.05) is 25.1 Å². The lowest BCUT2D eigenvalue weighted by atomic mass is 10.1. The van der Waals surface area contributed by atoms with Crippen LogP contribution in [0.4, 0.5) is 11.4 Å². The average molecular weight is 354 g/mol. The van der Waals surface area contributed by atoms with Gasteiger partial charge in [0, 0.05) is 18.3 Å². The van der Waals surface area contributed by atoms with Gasteiger partial charge in [0.2, 0.25) is 5.91 Å². The molecule has 0 spiro atoms. The molecule has 5 nitrogen and oxygen atoms in total. The first-order valence-electron chi connectivity index (χ1n) is 7.74. The quantitative estimate of drug-likeness (QED) is 0.746. The predicted molar refractivity (Wildman–Crippen MR) is 100 cm³/mol. The molecule has 3 aromatic carbocycles. The van der Waals surface area contributed by atoms with Crippen LogP contribution in [0.25, 0.3) is 10.8 Å². The van der Waals surface area contributed by atoms with E-state index in [1.165, 1.54) is 6.92 Å². The number of carbonyl (C=O) groups excluding carboxylic acids is 1. The summed E-state index contributed by atoms with van der Waals surface area (Å²) in [5, 5.41) is 4.50. The summed E-state index contributed by atoms with van der Waals surface area (Å²) in [6.07, 6.45) is 0. The van der Waals surface area contributed by atoms with Crippen molar-refractivity contribution < 1.29 is 13.2 Å². The zero-order valence-corrected chi connectivity index (χ0v) is 14.7. The smallest absolute Gasteiger partial charge is 0.261 e. The Morgan fingerprint density at radius 2 is 1.44 bits per heavy atom. The van der Waals surface area contributed by atoms with Gasteiger partial charge >= 0.3 is 0 Å². The number of nitrogens with one attached hydrogen (secondary N) is 2. The number of benzene rings is 3. The van der Waals surface area contributed by atoms with E-state index in [4.69, 9.17) is 0 Å². The Balaban J connectivity index is 1.86. The third-order valence-electron chi connectivity index (χ3n) is 3.73. The molecular weight excluding hydrogens is 336 g/mol. The van der Waals surface area contributed by atoms with Crippen LogP contribution in [0.3, 0.4) is 0 Å². The van der Waals surface area contributed by atoms with Crippen LogP contribution in [0.5, 0.6) is 0 Å². The van der Waals surface area contributed by atoms with Gasteiger partial charge in [-0.05, 0) is 54.1 Å². The molecule has 0 aromatic heterocycles. The summed E-state index contributed by atoms with van der Waals surface area (Å²) in [6.45, 7) is 3.41. The van der Waals surface area contributed by atoms with Crippen molar-refractivity contribution in [3.63, 3.8) is 0 Å². The van der Waals surface area contributed by atoms with Gasteiger partial charge in [0.05, 0.1) is 4.90 Å². The molecule has 0 saturated heterocycles. The van der Waals surface area contributed by atoms with E-state index in [0.717, 1.165) is 16.3 Å². The summed E-state index contributed by atoms with van der Waals surface area (Å²) in [7, 11) is -3.69. The van der Waals surface area contributed by atoms with Gasteiger partial charge < -0.3 is 5.32 Å². The second-order valence-electron chi connectivity index (χ2n) is 5.88. The normalized spacial score (nSPS) is 11.3. The Labute approximate surface area is 146 Å². The van der Waals surface area contributed by atoms with E-state index in [9.17, 15) is 13.2 Å². The topological polar surface area (TPSA) is 75.3 Å². The molecule has 2 N–H and O–H groups in total. The lowest BCUT2D eigenvalue weighted by Crippen LogP contribution is -2.13. The number of rotatable bonds is 4. The van der Waals surface area contributed by atoms with Crippen LogP contribution < -0.4 is 10.0 Å². The summed E-state index contributed by atoms with van der Waals surface area (Å²) >= 11 is 0. The molecule has 128 valence electrons. The number of hydrogen-bond acceptors (Lipinski definition) is 3. The van der Waals surface area contributed by atoms with Crippen LogP contribution in [0, 0.1) is 6.92 Å². The average Bonchev–Trinajstić information content (AvgIpc) is 2.55. The summed E-state index contributed by atoms with van der Waals surface area (Å²) in [5.41, 5.74) is 2.16. The van der Waals surface area contributed by atoms with Crippen LogP contribution in [0.15, 0.2) is 65.6 Å². The predicted octanol–water partition coefficient (Wildman–Crippen LogP) is 3.91. The molecular formula is C19H18N2O3S. The molecule has 0 heterocycles. The second-order valence-corrected chi connectivity index (χ2v) is 7.56. The number of carbonyl (C=O) groups is 1. The molecule has 25 heavy (non-hydrogen) atoms. The van der Waals surface area contributed by atoms with E-state index >= 15 is 0 Å². The molecule has 0 unspecified atom stereocenters. The molecule has 0 aliphatic heterocycles. The van der Waals surface area contributed by atoms with Gasteiger partial charge in [-0.25, -0.2) is 8.42 Å². The summed E-state index contributed by atoms with van der Waals surface area (Å²) < 4.78 is 27.7. The highest BCUT2D eigenvalue weighted by molar-refractivity contribution is 7.92. The van der Waals surface area contributed by atoms with Crippen LogP contribution in [0.2, 0.25) is 0 Å². The number of hydrogen-bond donors (Lipinski definition) is 2. The minimum absolute atomic E-state index is 0.181. The highest BCUT2D eigenvalue weighted by atomic mass is 32.2. The third kappa shape index (κ3) is 3.97. The number of anilines is 2. The molecule has 6 heteroatoms. The van der Waals surface area contributed by atoms with Crippen molar-refractivity contribution in [1.82, 2.24) is 0 Å². The monoisotopic (exact) mass is 354 g/mol. The van der Waals surface area contributed by atoms with Crippen molar-refractivity contribution in [3.05, 3.63) is 66.2 Å². The van der Waals surface area contributed by atoms with Crippen LogP contribution >= 0.6 is 0 Å². The highest BCUT2D eigenvalue weighted by Crippen LogP contribution is 2.23. The second kappa shape index (κ2) is 6.57. The fourth-order valence-corrected chi connectivity index (χ4v) is 3.64. The molecule has 0 aliphatic carbocycles. The Morgan fingerprint density at radius 3 is 2.12 bits per heavy atom. The fraction of sp³-hybridized carbons (Fsp3) is 0.105. The van der Waals surface area contributed by atoms with Crippen molar-refractivity contribution in [2.45, 2.75) is 18.7 Å². The van der Waals surface area contributed by atoms with E-state index < -0.39 is 10.0 Å². The van der Waals surface area contributed by atoms with Crippen LogP contribution in [-0.4, -0.2) is 14.3 Å². The van der Waals surface area contributed by atoms with Gasteiger partial charge in [-0.3, -0.25) is 9.52 Å². The standard InChI is InChI=1S/C19H18N2O3S/c1-13-3-4-16-12-19(10-5-15(16)11-13)25(23,24)21-18-8-6-17(7-9-18)20-14(2)22/h3-12,21H,1-2H3,(H,20,22). The number of sulfonamides is 1. The molecule has 0 aliphatic rings. The Kier molecular flexibility index (Phi) is 4.46. The number of fused-ring (bicyclic) bond motifs is 1. The van der Waals surface area contributed by atoms with Gasteiger partial charge in [0.25, 0.3) is 10.0 Å². The molecule has 3 rings (SSSR count). The maximum Gasteiger partial charge on any atom is 0.261 e. The van der Waals surface area contributed by atoms with E-state index in [2.05, 4.69) is 10.0 Å². The molecule has 3 aromatic rings. The molecule has 0 atom stereocenters. The zero-order valence-electron chi connectivity index (χ0n) is 13.9. The van der Waals surface area contributed by atoms with E-state index in [-0.39, 0.29) is 10.8 Å². The maximum atomic E-state index is 12.6. The summed E-state index contributed by atoms with van der Waals surface area (Å²) in [5.74, 6) is -0.181. The van der Waals surface area contributed by atoms with Crippen molar-refractivity contribution in [1.29, 1.82) is 0 Å². The van der Waals surface area contributed by atoms with Gasteiger partial charge in [-0.15, -0.1) is 0 Å². The first-order valence-corrected chi connectivity index (χ1v) is 9.23. The maximum absolute atomic E-state index is 12.6. The van der Waals surface area contributed by atoms with E-state index in [0.29, 0.717) is 11.4 Å². The van der Waals surface area contributed by atoms with Gasteiger partial charge in [-0.2, -0.15) is 0 Å². The SMILES string of the molecule is CC(=O)Nc1ccc(NS(=O)(=O)c2ccc3cc(C)ccc3c2)cc1. The molecule has 0 saturated carbocycles. The van der Waals surface area contributed by atoms with Crippen molar-refractivity contribution in [3.8, 4) is 0 Å². The van der Waals surface area contributed by atoms with E-state index in [1.54, 1.807) is 42.5 Å². The summed E-state index contributed by atoms with van der Waals surface area (Å²) in [4.78, 5) is 11.2. The van der Waals surface area contributed by atoms with Gasteiger partial charge in [0.1, 0.15) is 0 Å². The highest BCUT2D eigenvalue weighted by Gasteiger charge is 2.14. The minimum Gasteiger partial charge on any atom is -0.326 e. The van der Waals surface area contributed by atoms with Crippen molar-refractivity contribution in [2.24, 2.45) is 0 Å². The molecule has 0 bridgehead atoms. The van der Waals surface area contributed by atoms with Crippen LogP contribution in [-0.2, 0) is 14.8 Å². The van der Waals surface area contributed by atoms with Gasteiger partial charge in [0.15, 0.2) is 0 Å². The molecule has 0 radical (unpaired) electrons. The Bertz CT molecular complexity index is 1040. The van der Waals surface area contributed by atoms with Crippen molar-refractivity contribution >= 4 is 38.1 Å². The fourth-order valence-electron chi connectivity index (χ4n) is 2.55. The molecule has 0 fully saturated rings. The lowest BCUT2D eigenvalue weighted by Gasteiger charge is -2.10. The number of amides is 1. The summed E-state index contributed by atoms with van der Waals surface area (Å²) in [6, 6.07) is 17.4. The first-order chi connectivity index (χ1) is 11.8. The Morgan fingerprint density at radius 1 is 0.840 bits per heavy atom. The molecule has 1 amide bonds. The third-order valence-corrected chi connectivity index (χ3v) is 5.11. The Hall–Kier alpha value is -2.86. The van der Waals surface area contributed by atoms with Crippen molar-refractivity contribution in [2.75, 3.05) is 10.0 Å². The lowest BCUT2D eigenvalue weighted by molar-refractivity contribution is -0.114. The minimum atomic E-state index is -3.69. The first kappa shape index (κ1) is 17.0.